The lowest BCUT2D eigenvalue weighted by Crippen LogP contribution is -1.95. The summed E-state index contributed by atoms with van der Waals surface area (Å²) in [6.45, 7) is 1.94. The molecule has 2 heterocycles. The van der Waals surface area contributed by atoms with Gasteiger partial charge in [0, 0.05) is 29.0 Å². The first-order valence-corrected chi connectivity index (χ1v) is 9.78. The van der Waals surface area contributed by atoms with Crippen LogP contribution >= 0.6 is 23.4 Å². The second-order valence-corrected chi connectivity index (χ2v) is 7.43. The second kappa shape index (κ2) is 7.58. The summed E-state index contributed by atoms with van der Waals surface area (Å²) in [6.07, 6.45) is 0. The summed E-state index contributed by atoms with van der Waals surface area (Å²) >= 11 is 7.54. The van der Waals surface area contributed by atoms with Crippen LogP contribution in [0.3, 0.4) is 0 Å². The summed E-state index contributed by atoms with van der Waals surface area (Å²) in [7, 11) is 1.96. The van der Waals surface area contributed by atoms with E-state index in [1.807, 2.05) is 73.1 Å². The molecule has 0 aliphatic heterocycles. The Balaban J connectivity index is 1.51. The highest BCUT2D eigenvalue weighted by molar-refractivity contribution is 7.98. The van der Waals surface area contributed by atoms with Crippen molar-refractivity contribution in [2.24, 2.45) is 7.05 Å². The molecule has 0 saturated carbocycles. The van der Waals surface area contributed by atoms with E-state index >= 15 is 0 Å². The largest absolute Gasteiger partial charge is 0.441 e. The van der Waals surface area contributed by atoms with E-state index in [0.29, 0.717) is 16.7 Å². The van der Waals surface area contributed by atoms with Gasteiger partial charge in [0.1, 0.15) is 5.76 Å². The topological polar surface area (TPSA) is 56.7 Å². The number of oxazole rings is 1. The van der Waals surface area contributed by atoms with Gasteiger partial charge in [0.25, 0.3) is 0 Å². The fourth-order valence-corrected chi connectivity index (χ4v) is 3.73. The molecule has 0 fully saturated rings. The zero-order valence-corrected chi connectivity index (χ0v) is 16.5. The molecule has 7 heteroatoms. The maximum atomic E-state index is 5.96. The summed E-state index contributed by atoms with van der Waals surface area (Å²) in [5.74, 6) is 2.93. The molecule has 0 N–H and O–H groups in total. The van der Waals surface area contributed by atoms with Crippen LogP contribution in [0.5, 0.6) is 0 Å². The van der Waals surface area contributed by atoms with Crippen molar-refractivity contribution in [3.05, 3.63) is 71.1 Å². The number of rotatable bonds is 5. The van der Waals surface area contributed by atoms with Crippen LogP contribution < -0.4 is 0 Å². The van der Waals surface area contributed by atoms with Crippen molar-refractivity contribution in [2.45, 2.75) is 17.8 Å². The molecule has 27 heavy (non-hydrogen) atoms. The normalized spacial score (nSPS) is 11.1. The van der Waals surface area contributed by atoms with Gasteiger partial charge in [-0.3, -0.25) is 0 Å². The first kappa shape index (κ1) is 17.8. The Kier molecular flexibility index (Phi) is 5.01. The number of hydrogen-bond acceptors (Lipinski definition) is 5. The molecule has 0 unspecified atom stereocenters. The number of thioether (sulfide) groups is 1. The van der Waals surface area contributed by atoms with Crippen LogP contribution in [0.4, 0.5) is 0 Å². The Bertz CT molecular complexity index is 1060. The number of aryl methyl sites for hydroxylation is 1. The molecule has 0 aliphatic rings. The first-order valence-electron chi connectivity index (χ1n) is 8.41. The van der Waals surface area contributed by atoms with Crippen LogP contribution in [0.25, 0.3) is 22.8 Å². The average molecular weight is 397 g/mol. The first-order chi connectivity index (χ1) is 13.1. The van der Waals surface area contributed by atoms with Crippen LogP contribution in [0.1, 0.15) is 11.5 Å². The molecule has 0 spiro atoms. The molecular weight excluding hydrogens is 380 g/mol. The molecule has 2 aromatic heterocycles. The van der Waals surface area contributed by atoms with Gasteiger partial charge in [0.15, 0.2) is 11.0 Å². The quantitative estimate of drug-likeness (QED) is 0.423. The maximum Gasteiger partial charge on any atom is 0.226 e. The zero-order chi connectivity index (χ0) is 18.8. The van der Waals surface area contributed by atoms with Crippen molar-refractivity contribution in [2.75, 3.05) is 0 Å². The third-order valence-electron chi connectivity index (χ3n) is 4.19. The van der Waals surface area contributed by atoms with E-state index in [9.17, 15) is 0 Å². The predicted octanol–water partition coefficient (Wildman–Crippen LogP) is 5.39. The fourth-order valence-electron chi connectivity index (χ4n) is 2.69. The molecule has 2 aromatic carbocycles. The van der Waals surface area contributed by atoms with E-state index in [-0.39, 0.29) is 0 Å². The summed E-state index contributed by atoms with van der Waals surface area (Å²) in [4.78, 5) is 4.64. The van der Waals surface area contributed by atoms with Gasteiger partial charge in [-0.25, -0.2) is 4.98 Å². The van der Waals surface area contributed by atoms with E-state index in [2.05, 4.69) is 15.2 Å². The molecule has 4 rings (SSSR count). The van der Waals surface area contributed by atoms with Crippen molar-refractivity contribution in [3.63, 3.8) is 0 Å². The van der Waals surface area contributed by atoms with Gasteiger partial charge in [0.2, 0.25) is 5.89 Å². The van der Waals surface area contributed by atoms with Crippen LogP contribution in [-0.4, -0.2) is 19.7 Å². The summed E-state index contributed by atoms with van der Waals surface area (Å²) in [5.41, 5.74) is 2.86. The SMILES string of the molecule is Cc1oc(-c2ccccc2)nc1CSc1nnc(-c2ccc(Cl)cc2)n1C. The van der Waals surface area contributed by atoms with Gasteiger partial charge < -0.3 is 8.98 Å². The summed E-state index contributed by atoms with van der Waals surface area (Å²) in [6, 6.07) is 17.5. The number of benzene rings is 2. The van der Waals surface area contributed by atoms with Gasteiger partial charge in [0.05, 0.1) is 5.69 Å². The van der Waals surface area contributed by atoms with Crippen molar-refractivity contribution in [1.29, 1.82) is 0 Å². The lowest BCUT2D eigenvalue weighted by atomic mass is 10.2. The minimum absolute atomic E-state index is 0.642. The molecule has 136 valence electrons. The van der Waals surface area contributed by atoms with Gasteiger partial charge in [-0.05, 0) is 43.3 Å². The number of aromatic nitrogens is 4. The fraction of sp³-hybridized carbons (Fsp3) is 0.150. The molecule has 0 saturated heterocycles. The standard InChI is InChI=1S/C20H17ClN4OS/c1-13-17(22-19(26-13)15-6-4-3-5-7-15)12-27-20-24-23-18(25(20)2)14-8-10-16(21)11-9-14/h3-11H,12H2,1-2H3. The van der Waals surface area contributed by atoms with Crippen LogP contribution in [-0.2, 0) is 12.8 Å². The molecule has 0 amide bonds. The van der Waals surface area contributed by atoms with Crippen LogP contribution in [0.2, 0.25) is 5.02 Å². The number of halogens is 1. The van der Waals surface area contributed by atoms with E-state index < -0.39 is 0 Å². The highest BCUT2D eigenvalue weighted by Gasteiger charge is 2.15. The Morgan fingerprint density at radius 3 is 2.48 bits per heavy atom. The summed E-state index contributed by atoms with van der Waals surface area (Å²) in [5, 5.41) is 10.1. The molecule has 4 aromatic rings. The number of nitrogens with zero attached hydrogens (tertiary/aromatic N) is 4. The molecular formula is C20H17ClN4OS. The Labute approximate surface area is 166 Å². The van der Waals surface area contributed by atoms with Gasteiger partial charge in [-0.15, -0.1) is 10.2 Å². The molecule has 0 radical (unpaired) electrons. The van der Waals surface area contributed by atoms with Crippen LogP contribution in [0.15, 0.2) is 64.2 Å². The average Bonchev–Trinajstić information content (AvgIpc) is 3.24. The molecule has 0 aliphatic carbocycles. The van der Waals surface area contributed by atoms with E-state index in [1.165, 1.54) is 0 Å². The molecule has 0 atom stereocenters. The Morgan fingerprint density at radius 2 is 1.74 bits per heavy atom. The summed E-state index contributed by atoms with van der Waals surface area (Å²) < 4.78 is 7.80. The van der Waals surface area contributed by atoms with Crippen molar-refractivity contribution in [1.82, 2.24) is 19.7 Å². The Morgan fingerprint density at radius 1 is 1.00 bits per heavy atom. The van der Waals surface area contributed by atoms with Crippen LogP contribution in [0, 0.1) is 6.92 Å². The van der Waals surface area contributed by atoms with E-state index in [1.54, 1.807) is 11.8 Å². The third-order valence-corrected chi connectivity index (χ3v) is 5.47. The van der Waals surface area contributed by atoms with Crippen molar-refractivity contribution >= 4 is 23.4 Å². The van der Waals surface area contributed by atoms with Crippen molar-refractivity contribution < 1.29 is 4.42 Å². The Hall–Kier alpha value is -2.57. The van der Waals surface area contributed by atoms with E-state index in [0.717, 1.165) is 33.6 Å². The minimum Gasteiger partial charge on any atom is -0.441 e. The smallest absolute Gasteiger partial charge is 0.226 e. The highest BCUT2D eigenvalue weighted by Crippen LogP contribution is 2.28. The number of hydrogen-bond donors (Lipinski definition) is 0. The minimum atomic E-state index is 0.642. The van der Waals surface area contributed by atoms with Gasteiger partial charge in [-0.2, -0.15) is 0 Å². The maximum absolute atomic E-state index is 5.96. The zero-order valence-electron chi connectivity index (χ0n) is 14.9. The monoisotopic (exact) mass is 396 g/mol. The lowest BCUT2D eigenvalue weighted by molar-refractivity contribution is 0.540. The lowest BCUT2D eigenvalue weighted by Gasteiger charge is -2.03. The second-order valence-electron chi connectivity index (χ2n) is 6.05. The van der Waals surface area contributed by atoms with Gasteiger partial charge >= 0.3 is 0 Å². The highest BCUT2D eigenvalue weighted by atomic mass is 35.5. The predicted molar refractivity (Wildman–Crippen MR) is 108 cm³/mol. The molecule has 5 nitrogen and oxygen atoms in total. The molecule has 0 bridgehead atoms. The van der Waals surface area contributed by atoms with Crippen molar-refractivity contribution in [3.8, 4) is 22.8 Å². The third kappa shape index (κ3) is 3.77. The van der Waals surface area contributed by atoms with E-state index in [4.69, 9.17) is 16.0 Å². The van der Waals surface area contributed by atoms with Gasteiger partial charge in [-0.1, -0.05) is 41.6 Å².